The van der Waals surface area contributed by atoms with Crippen molar-refractivity contribution in [3.05, 3.63) is 23.9 Å². The first-order valence-electron chi connectivity index (χ1n) is 9.69. The maximum atomic E-state index is 13.0. The number of anilines is 1. The first kappa shape index (κ1) is 17.8. The number of amides is 2. The second-order valence-corrected chi connectivity index (χ2v) is 7.65. The molecule has 9 heteroatoms. The standard InChI is InChI=1S/C18H28N8O/c1-13-10-16(24(3)22-13)25-8-4-6-14(11-25)20-18(27)26-9-5-7-15(26)17-21-19-12-23(17)2/h10,12,14-15H,4-9,11H2,1-3H3,(H,20,27). The Balaban J connectivity index is 1.41. The van der Waals surface area contributed by atoms with Crippen molar-refractivity contribution in [1.82, 2.24) is 34.8 Å². The van der Waals surface area contributed by atoms with Crippen molar-refractivity contribution in [3.8, 4) is 0 Å². The Morgan fingerprint density at radius 3 is 2.74 bits per heavy atom. The molecule has 0 aliphatic carbocycles. The molecule has 2 unspecified atom stereocenters. The summed E-state index contributed by atoms with van der Waals surface area (Å²) in [6.07, 6.45) is 5.68. The number of likely N-dealkylation sites (tertiary alicyclic amines) is 1. The van der Waals surface area contributed by atoms with Crippen LogP contribution in [0.1, 0.15) is 43.2 Å². The van der Waals surface area contributed by atoms with E-state index in [0.29, 0.717) is 0 Å². The van der Waals surface area contributed by atoms with Gasteiger partial charge < -0.3 is 19.7 Å². The zero-order chi connectivity index (χ0) is 19.0. The molecule has 27 heavy (non-hydrogen) atoms. The molecule has 2 atom stereocenters. The zero-order valence-electron chi connectivity index (χ0n) is 16.3. The minimum Gasteiger partial charge on any atom is -0.355 e. The van der Waals surface area contributed by atoms with Gasteiger partial charge in [0.25, 0.3) is 0 Å². The number of urea groups is 1. The van der Waals surface area contributed by atoms with Gasteiger partial charge in [-0.05, 0) is 32.6 Å². The third-order valence-electron chi connectivity index (χ3n) is 5.61. The fraction of sp³-hybridized carbons (Fsp3) is 0.667. The summed E-state index contributed by atoms with van der Waals surface area (Å²) in [5, 5.41) is 15.9. The Bertz CT molecular complexity index is 812. The van der Waals surface area contributed by atoms with Gasteiger partial charge in [0, 0.05) is 45.8 Å². The highest BCUT2D eigenvalue weighted by Crippen LogP contribution is 2.30. The van der Waals surface area contributed by atoms with Crippen LogP contribution in [0.4, 0.5) is 10.6 Å². The molecule has 0 aromatic carbocycles. The van der Waals surface area contributed by atoms with Crippen molar-refractivity contribution in [3.63, 3.8) is 0 Å². The summed E-state index contributed by atoms with van der Waals surface area (Å²) < 4.78 is 3.83. The molecular formula is C18H28N8O. The van der Waals surface area contributed by atoms with Crippen LogP contribution in [0.2, 0.25) is 0 Å². The molecule has 0 radical (unpaired) electrons. The summed E-state index contributed by atoms with van der Waals surface area (Å²) in [6, 6.07) is 2.27. The maximum Gasteiger partial charge on any atom is 0.318 e. The Kier molecular flexibility index (Phi) is 4.75. The molecule has 2 aromatic heterocycles. The van der Waals surface area contributed by atoms with E-state index in [-0.39, 0.29) is 18.1 Å². The predicted molar refractivity (Wildman–Crippen MR) is 101 cm³/mol. The van der Waals surface area contributed by atoms with Gasteiger partial charge in [-0.25, -0.2) is 4.79 Å². The minimum absolute atomic E-state index is 0.00790. The van der Waals surface area contributed by atoms with Gasteiger partial charge in [-0.15, -0.1) is 10.2 Å². The number of piperidine rings is 1. The fourth-order valence-corrected chi connectivity index (χ4v) is 4.33. The summed E-state index contributed by atoms with van der Waals surface area (Å²) >= 11 is 0. The molecule has 2 saturated heterocycles. The molecule has 9 nitrogen and oxygen atoms in total. The van der Waals surface area contributed by atoms with Crippen molar-refractivity contribution >= 4 is 11.8 Å². The van der Waals surface area contributed by atoms with Crippen molar-refractivity contribution < 1.29 is 4.79 Å². The monoisotopic (exact) mass is 372 g/mol. The molecule has 0 bridgehead atoms. The average molecular weight is 372 g/mol. The lowest BCUT2D eigenvalue weighted by Crippen LogP contribution is -2.52. The fourth-order valence-electron chi connectivity index (χ4n) is 4.33. The van der Waals surface area contributed by atoms with E-state index in [1.807, 2.05) is 35.2 Å². The largest absolute Gasteiger partial charge is 0.355 e. The van der Waals surface area contributed by atoms with Gasteiger partial charge in [0.1, 0.15) is 12.1 Å². The second kappa shape index (κ2) is 7.21. The van der Waals surface area contributed by atoms with Crippen LogP contribution in [0.3, 0.4) is 0 Å². The topological polar surface area (TPSA) is 84.1 Å². The van der Waals surface area contributed by atoms with E-state index in [1.165, 1.54) is 0 Å². The van der Waals surface area contributed by atoms with Gasteiger partial charge in [-0.3, -0.25) is 4.68 Å². The number of rotatable bonds is 3. The van der Waals surface area contributed by atoms with Crippen molar-refractivity contribution in [2.45, 2.75) is 44.7 Å². The van der Waals surface area contributed by atoms with Crippen molar-refractivity contribution in [1.29, 1.82) is 0 Å². The molecule has 0 spiro atoms. The molecule has 2 aliphatic rings. The van der Waals surface area contributed by atoms with Crippen LogP contribution in [0.5, 0.6) is 0 Å². The number of carbonyl (C=O) groups is 1. The quantitative estimate of drug-likeness (QED) is 0.880. The van der Waals surface area contributed by atoms with Gasteiger partial charge in [0.05, 0.1) is 11.7 Å². The van der Waals surface area contributed by atoms with Gasteiger partial charge in [-0.1, -0.05) is 0 Å². The van der Waals surface area contributed by atoms with E-state index in [9.17, 15) is 4.79 Å². The lowest BCUT2D eigenvalue weighted by molar-refractivity contribution is 0.184. The number of nitrogens with zero attached hydrogens (tertiary/aromatic N) is 7. The highest BCUT2D eigenvalue weighted by molar-refractivity contribution is 5.75. The van der Waals surface area contributed by atoms with Crippen LogP contribution in [0.15, 0.2) is 12.4 Å². The van der Waals surface area contributed by atoms with Gasteiger partial charge in [0.15, 0.2) is 5.82 Å². The summed E-state index contributed by atoms with van der Waals surface area (Å²) in [7, 11) is 3.90. The Morgan fingerprint density at radius 2 is 2.04 bits per heavy atom. The Labute approximate surface area is 159 Å². The molecule has 2 aromatic rings. The van der Waals surface area contributed by atoms with Crippen molar-refractivity contribution in [2.24, 2.45) is 14.1 Å². The normalized spacial score (nSPS) is 23.1. The molecule has 2 fully saturated rings. The molecular weight excluding hydrogens is 344 g/mol. The third kappa shape index (κ3) is 3.50. The molecule has 4 heterocycles. The predicted octanol–water partition coefficient (Wildman–Crippen LogP) is 1.37. The molecule has 0 saturated carbocycles. The van der Waals surface area contributed by atoms with E-state index in [0.717, 1.165) is 62.7 Å². The van der Waals surface area contributed by atoms with E-state index >= 15 is 0 Å². The summed E-state index contributed by atoms with van der Waals surface area (Å²) in [6.45, 7) is 4.58. The molecule has 146 valence electrons. The van der Waals surface area contributed by atoms with Crippen molar-refractivity contribution in [2.75, 3.05) is 24.5 Å². The number of hydrogen-bond donors (Lipinski definition) is 1. The van der Waals surface area contributed by atoms with Crippen LogP contribution >= 0.6 is 0 Å². The Hall–Kier alpha value is -2.58. The van der Waals surface area contributed by atoms with E-state index in [2.05, 4.69) is 31.6 Å². The van der Waals surface area contributed by atoms with E-state index < -0.39 is 0 Å². The van der Waals surface area contributed by atoms with Gasteiger partial charge in [-0.2, -0.15) is 5.10 Å². The summed E-state index contributed by atoms with van der Waals surface area (Å²) in [4.78, 5) is 17.2. The van der Waals surface area contributed by atoms with Gasteiger partial charge >= 0.3 is 6.03 Å². The number of aromatic nitrogens is 5. The molecule has 2 amide bonds. The molecule has 2 aliphatic heterocycles. The summed E-state index contributed by atoms with van der Waals surface area (Å²) in [5.41, 5.74) is 1.02. The zero-order valence-corrected chi connectivity index (χ0v) is 16.3. The number of nitrogens with one attached hydrogen (secondary N) is 1. The first-order chi connectivity index (χ1) is 13.0. The van der Waals surface area contributed by atoms with Crippen LogP contribution in [0.25, 0.3) is 0 Å². The summed E-state index contributed by atoms with van der Waals surface area (Å²) in [5.74, 6) is 1.97. The van der Waals surface area contributed by atoms with Crippen LogP contribution in [0, 0.1) is 6.92 Å². The van der Waals surface area contributed by atoms with E-state index in [1.54, 1.807) is 6.33 Å². The third-order valence-corrected chi connectivity index (χ3v) is 5.61. The maximum absolute atomic E-state index is 13.0. The average Bonchev–Trinajstić information content (AvgIpc) is 3.34. The number of hydrogen-bond acceptors (Lipinski definition) is 5. The highest BCUT2D eigenvalue weighted by Gasteiger charge is 2.34. The van der Waals surface area contributed by atoms with Crippen LogP contribution < -0.4 is 10.2 Å². The first-order valence-corrected chi connectivity index (χ1v) is 9.69. The number of carbonyl (C=O) groups excluding carboxylic acids is 1. The lowest BCUT2D eigenvalue weighted by atomic mass is 10.1. The number of aryl methyl sites for hydroxylation is 3. The van der Waals surface area contributed by atoms with E-state index in [4.69, 9.17) is 0 Å². The van der Waals surface area contributed by atoms with Crippen LogP contribution in [-0.4, -0.2) is 61.2 Å². The Morgan fingerprint density at radius 1 is 1.22 bits per heavy atom. The SMILES string of the molecule is Cc1cc(N2CCCC(NC(=O)N3CCCC3c3nncn3C)C2)n(C)n1. The molecule has 4 rings (SSSR count). The minimum atomic E-state index is 0.00790. The lowest BCUT2D eigenvalue weighted by Gasteiger charge is -2.35. The molecule has 1 N–H and O–H groups in total. The van der Waals surface area contributed by atoms with Gasteiger partial charge in [0.2, 0.25) is 0 Å². The van der Waals surface area contributed by atoms with Crippen LogP contribution in [-0.2, 0) is 14.1 Å². The highest BCUT2D eigenvalue weighted by atomic mass is 16.2. The smallest absolute Gasteiger partial charge is 0.318 e. The second-order valence-electron chi connectivity index (χ2n) is 7.65.